The van der Waals surface area contributed by atoms with Crippen LogP contribution in [0.15, 0.2) is 36.4 Å². The fourth-order valence-corrected chi connectivity index (χ4v) is 2.92. The highest BCUT2D eigenvalue weighted by Crippen LogP contribution is 2.25. The second-order valence-corrected chi connectivity index (χ2v) is 6.75. The molecule has 0 aromatic heterocycles. The third kappa shape index (κ3) is 5.10. The Bertz CT molecular complexity index is 810. The molecule has 0 radical (unpaired) electrons. The van der Waals surface area contributed by atoms with E-state index in [4.69, 9.17) is 34.8 Å². The molecule has 0 aliphatic heterocycles. The normalized spacial score (nSPS) is 10.5. The molecule has 0 fully saturated rings. The van der Waals surface area contributed by atoms with Gasteiger partial charge in [-0.3, -0.25) is 9.59 Å². The number of nitrogens with zero attached hydrogens (tertiary/aromatic N) is 1. The quantitative estimate of drug-likeness (QED) is 0.695. The molecule has 2 amide bonds. The molecular weight excluding hydrogens is 402 g/mol. The zero-order chi connectivity index (χ0) is 19.3. The minimum Gasteiger partial charge on any atom is -0.329 e. The van der Waals surface area contributed by atoms with Crippen LogP contribution in [-0.4, -0.2) is 29.8 Å². The van der Waals surface area contributed by atoms with Gasteiger partial charge in [0, 0.05) is 11.6 Å². The van der Waals surface area contributed by atoms with Gasteiger partial charge < -0.3 is 10.2 Å². The average Bonchev–Trinajstić information content (AvgIpc) is 2.57. The number of carbonyl (C=O) groups excluding carboxylic acids is 2. The maximum Gasteiger partial charge on any atom is 0.258 e. The lowest BCUT2D eigenvalue weighted by Gasteiger charge is -2.22. The van der Waals surface area contributed by atoms with E-state index < -0.39 is 17.6 Å². The molecule has 0 unspecified atom stereocenters. The second kappa shape index (κ2) is 9.21. The molecule has 0 heterocycles. The first kappa shape index (κ1) is 20.5. The monoisotopic (exact) mass is 416 g/mol. The summed E-state index contributed by atoms with van der Waals surface area (Å²) >= 11 is 17.9. The summed E-state index contributed by atoms with van der Waals surface area (Å²) in [7, 11) is 0. The first-order chi connectivity index (χ1) is 12.3. The van der Waals surface area contributed by atoms with Gasteiger partial charge in [-0.25, -0.2) is 4.39 Å². The second-order valence-electron chi connectivity index (χ2n) is 5.50. The van der Waals surface area contributed by atoms with E-state index in [1.54, 1.807) is 12.1 Å². The molecule has 0 bridgehead atoms. The number of rotatable bonds is 6. The zero-order valence-electron chi connectivity index (χ0n) is 13.9. The van der Waals surface area contributed by atoms with Crippen molar-refractivity contribution in [3.63, 3.8) is 0 Å². The van der Waals surface area contributed by atoms with Crippen LogP contribution in [0.4, 0.5) is 10.1 Å². The molecule has 138 valence electrons. The van der Waals surface area contributed by atoms with Gasteiger partial charge in [-0.05, 0) is 36.8 Å². The molecule has 0 spiro atoms. The predicted octanol–water partition coefficient (Wildman–Crippen LogP) is 5.28. The number of halogens is 4. The lowest BCUT2D eigenvalue weighted by Crippen LogP contribution is -2.39. The molecule has 0 saturated heterocycles. The Morgan fingerprint density at radius 3 is 2.50 bits per heavy atom. The molecule has 0 aliphatic carbocycles. The summed E-state index contributed by atoms with van der Waals surface area (Å²) in [6, 6.07) is 8.62. The smallest absolute Gasteiger partial charge is 0.258 e. The molecule has 2 aromatic carbocycles. The van der Waals surface area contributed by atoms with E-state index >= 15 is 0 Å². The van der Waals surface area contributed by atoms with Crippen LogP contribution in [-0.2, 0) is 4.79 Å². The molecule has 4 nitrogen and oxygen atoms in total. The summed E-state index contributed by atoms with van der Waals surface area (Å²) in [6.07, 6.45) is 0.586. The lowest BCUT2D eigenvalue weighted by molar-refractivity contribution is -0.116. The van der Waals surface area contributed by atoms with Gasteiger partial charge in [-0.2, -0.15) is 0 Å². The Hall–Kier alpha value is -1.82. The van der Waals surface area contributed by atoms with Gasteiger partial charge in [0.1, 0.15) is 12.4 Å². The highest BCUT2D eigenvalue weighted by atomic mass is 35.5. The Morgan fingerprint density at radius 2 is 1.85 bits per heavy atom. The van der Waals surface area contributed by atoms with Crippen LogP contribution in [0, 0.1) is 5.82 Å². The van der Waals surface area contributed by atoms with Crippen molar-refractivity contribution in [3.05, 3.63) is 62.8 Å². The van der Waals surface area contributed by atoms with Crippen molar-refractivity contribution in [3.8, 4) is 0 Å². The maximum atomic E-state index is 14.0. The Morgan fingerprint density at radius 1 is 1.12 bits per heavy atom. The van der Waals surface area contributed by atoms with Crippen molar-refractivity contribution in [2.45, 2.75) is 13.3 Å². The topological polar surface area (TPSA) is 49.4 Å². The van der Waals surface area contributed by atoms with Gasteiger partial charge >= 0.3 is 0 Å². The number of amides is 2. The molecule has 0 aliphatic rings. The fourth-order valence-electron chi connectivity index (χ4n) is 2.34. The minimum atomic E-state index is -0.734. The molecule has 1 N–H and O–H groups in total. The van der Waals surface area contributed by atoms with Gasteiger partial charge in [0.15, 0.2) is 0 Å². The maximum absolute atomic E-state index is 14.0. The predicted molar refractivity (Wildman–Crippen MR) is 103 cm³/mol. The summed E-state index contributed by atoms with van der Waals surface area (Å²) < 4.78 is 14.0. The van der Waals surface area contributed by atoms with Crippen LogP contribution < -0.4 is 5.32 Å². The van der Waals surface area contributed by atoms with E-state index in [0.717, 1.165) is 6.07 Å². The fraction of sp³-hybridized carbons (Fsp3) is 0.222. The van der Waals surface area contributed by atoms with Crippen LogP contribution in [0.3, 0.4) is 0 Å². The highest BCUT2D eigenvalue weighted by Gasteiger charge is 2.23. The number of benzene rings is 2. The van der Waals surface area contributed by atoms with E-state index in [1.165, 1.54) is 23.1 Å². The standard InChI is InChI=1S/C18H16Cl3FN2O2/c1-2-8-24(18(26)17-13(21)4-3-5-14(17)22)10-16(25)23-15-9-11(19)6-7-12(15)20/h3-7,9H,2,8,10H2,1H3,(H,23,25). The van der Waals surface area contributed by atoms with Gasteiger partial charge in [0.2, 0.25) is 5.91 Å². The van der Waals surface area contributed by atoms with Crippen molar-refractivity contribution in [2.24, 2.45) is 0 Å². The highest BCUT2D eigenvalue weighted by molar-refractivity contribution is 6.36. The zero-order valence-corrected chi connectivity index (χ0v) is 16.1. The van der Waals surface area contributed by atoms with E-state index in [-0.39, 0.29) is 23.7 Å². The first-order valence-electron chi connectivity index (χ1n) is 7.81. The molecule has 0 saturated carbocycles. The molecule has 8 heteroatoms. The van der Waals surface area contributed by atoms with Crippen LogP contribution in [0.5, 0.6) is 0 Å². The SMILES string of the molecule is CCCN(CC(=O)Nc1cc(Cl)ccc1Cl)C(=O)c1c(F)cccc1Cl. The lowest BCUT2D eigenvalue weighted by atomic mass is 10.1. The van der Waals surface area contributed by atoms with Crippen molar-refractivity contribution in [1.82, 2.24) is 4.90 Å². The molecule has 2 rings (SSSR count). The minimum absolute atomic E-state index is 0.00519. The Labute approximate surface area is 165 Å². The van der Waals surface area contributed by atoms with Crippen LogP contribution >= 0.6 is 34.8 Å². The van der Waals surface area contributed by atoms with E-state index in [9.17, 15) is 14.0 Å². The summed E-state index contributed by atoms with van der Waals surface area (Å²) in [5.74, 6) is -1.87. The first-order valence-corrected chi connectivity index (χ1v) is 8.95. The van der Waals surface area contributed by atoms with Crippen LogP contribution in [0.25, 0.3) is 0 Å². The Balaban J connectivity index is 2.18. The third-order valence-electron chi connectivity index (χ3n) is 3.49. The summed E-state index contributed by atoms with van der Waals surface area (Å²) in [4.78, 5) is 26.2. The van der Waals surface area contributed by atoms with Gasteiger partial charge in [-0.1, -0.05) is 47.8 Å². The van der Waals surface area contributed by atoms with Crippen LogP contribution in [0.2, 0.25) is 15.1 Å². The number of hydrogen-bond acceptors (Lipinski definition) is 2. The molecule has 0 atom stereocenters. The van der Waals surface area contributed by atoms with Crippen molar-refractivity contribution >= 4 is 52.3 Å². The molecule has 2 aromatic rings. The third-order valence-corrected chi connectivity index (χ3v) is 4.37. The van der Waals surface area contributed by atoms with Crippen molar-refractivity contribution < 1.29 is 14.0 Å². The summed E-state index contributed by atoms with van der Waals surface area (Å²) in [5.41, 5.74) is 0.0770. The van der Waals surface area contributed by atoms with Gasteiger partial charge in [0.05, 0.1) is 21.3 Å². The number of hydrogen-bond donors (Lipinski definition) is 1. The van der Waals surface area contributed by atoms with Gasteiger partial charge in [-0.15, -0.1) is 0 Å². The number of carbonyl (C=O) groups is 2. The number of nitrogens with one attached hydrogen (secondary N) is 1. The largest absolute Gasteiger partial charge is 0.329 e. The number of anilines is 1. The molecular formula is C18H16Cl3FN2O2. The van der Waals surface area contributed by atoms with Crippen LogP contribution in [0.1, 0.15) is 23.7 Å². The van der Waals surface area contributed by atoms with Crippen molar-refractivity contribution in [1.29, 1.82) is 0 Å². The van der Waals surface area contributed by atoms with E-state index in [2.05, 4.69) is 5.32 Å². The average molecular weight is 418 g/mol. The van der Waals surface area contributed by atoms with E-state index in [0.29, 0.717) is 22.2 Å². The van der Waals surface area contributed by atoms with Crippen molar-refractivity contribution in [2.75, 3.05) is 18.4 Å². The summed E-state index contributed by atoms with van der Waals surface area (Å²) in [6.45, 7) is 1.83. The summed E-state index contributed by atoms with van der Waals surface area (Å²) in [5, 5.41) is 3.31. The van der Waals surface area contributed by atoms with E-state index in [1.807, 2.05) is 6.92 Å². The Kier molecular flexibility index (Phi) is 7.26. The molecule has 26 heavy (non-hydrogen) atoms. The van der Waals surface area contributed by atoms with Gasteiger partial charge in [0.25, 0.3) is 5.91 Å².